The predicted molar refractivity (Wildman–Crippen MR) is 80.4 cm³/mol. The molecule has 3 heteroatoms. The second-order valence-electron chi connectivity index (χ2n) is 6.60. The van der Waals surface area contributed by atoms with Crippen molar-refractivity contribution in [1.29, 1.82) is 0 Å². The number of aryl methyl sites for hydroxylation is 1. The van der Waals surface area contributed by atoms with Gasteiger partial charge in [0.2, 0.25) is 0 Å². The molecule has 0 bridgehead atoms. The minimum Gasteiger partial charge on any atom is -0.460 e. The lowest BCUT2D eigenvalue weighted by Gasteiger charge is -2.31. The third-order valence-electron chi connectivity index (χ3n) is 3.46. The predicted octanol–water partition coefficient (Wildman–Crippen LogP) is 3.35. The Balaban J connectivity index is 2.61. The highest BCUT2D eigenvalue weighted by Gasteiger charge is 2.36. The van der Waals surface area contributed by atoms with E-state index in [0.717, 1.165) is 12.0 Å². The van der Waals surface area contributed by atoms with Crippen LogP contribution >= 0.6 is 0 Å². The number of carbonyl (C=O) groups is 1. The fourth-order valence-corrected chi connectivity index (χ4v) is 1.90. The molecule has 0 aliphatic rings. The average molecular weight is 278 g/mol. The van der Waals surface area contributed by atoms with Gasteiger partial charge in [-0.1, -0.05) is 30.3 Å². The molecule has 0 saturated carbocycles. The molecule has 3 nitrogen and oxygen atoms in total. The number of esters is 1. The van der Waals surface area contributed by atoms with Gasteiger partial charge >= 0.3 is 5.97 Å². The molecule has 2 unspecified atom stereocenters. The van der Waals surface area contributed by atoms with Crippen LogP contribution in [0.3, 0.4) is 0 Å². The third-order valence-corrected chi connectivity index (χ3v) is 3.46. The summed E-state index contributed by atoms with van der Waals surface area (Å²) < 4.78 is 5.34. The number of hydrogen-bond donors (Lipinski definition) is 1. The van der Waals surface area contributed by atoms with Crippen LogP contribution in [-0.4, -0.2) is 22.3 Å². The van der Waals surface area contributed by atoms with E-state index in [1.807, 2.05) is 51.1 Å². The molecule has 0 spiro atoms. The Kier molecular flexibility index (Phi) is 5.35. The van der Waals surface area contributed by atoms with Gasteiger partial charge in [0, 0.05) is 0 Å². The van der Waals surface area contributed by atoms with Crippen LogP contribution in [0.4, 0.5) is 0 Å². The molecule has 1 aromatic rings. The molecular weight excluding hydrogens is 252 g/mol. The maximum atomic E-state index is 12.0. The van der Waals surface area contributed by atoms with Gasteiger partial charge in [-0.25, -0.2) is 0 Å². The number of ether oxygens (including phenoxy) is 1. The number of carbonyl (C=O) groups excluding carboxylic acids is 1. The van der Waals surface area contributed by atoms with Gasteiger partial charge in [0.25, 0.3) is 0 Å². The van der Waals surface area contributed by atoms with Crippen LogP contribution in [-0.2, 0) is 16.0 Å². The Morgan fingerprint density at radius 1 is 1.20 bits per heavy atom. The summed E-state index contributed by atoms with van der Waals surface area (Å²) in [5.74, 6) is -0.902. The monoisotopic (exact) mass is 278 g/mol. The standard InChI is InChI=1S/C17H26O3/c1-13(15(18)20-16(2,3)4)17(5,19)12-11-14-9-7-6-8-10-14/h6-10,13,19H,11-12H2,1-5H3. The maximum Gasteiger partial charge on any atom is 0.312 e. The molecule has 112 valence electrons. The Bertz CT molecular complexity index is 429. The van der Waals surface area contributed by atoms with E-state index in [4.69, 9.17) is 4.74 Å². The van der Waals surface area contributed by atoms with Crippen molar-refractivity contribution in [3.8, 4) is 0 Å². The van der Waals surface area contributed by atoms with E-state index in [1.54, 1.807) is 13.8 Å². The van der Waals surface area contributed by atoms with Crippen molar-refractivity contribution in [2.45, 2.75) is 58.7 Å². The molecule has 2 atom stereocenters. The molecule has 0 radical (unpaired) electrons. The van der Waals surface area contributed by atoms with Crippen molar-refractivity contribution < 1.29 is 14.6 Å². The van der Waals surface area contributed by atoms with Gasteiger partial charge in [0.15, 0.2) is 0 Å². The summed E-state index contributed by atoms with van der Waals surface area (Å²) in [5.41, 5.74) is -0.442. The zero-order valence-electron chi connectivity index (χ0n) is 13.1. The summed E-state index contributed by atoms with van der Waals surface area (Å²) in [4.78, 5) is 12.0. The Labute approximate surface area is 122 Å². The molecule has 0 heterocycles. The summed E-state index contributed by atoms with van der Waals surface area (Å²) in [6.45, 7) is 8.91. The molecule has 1 rings (SSSR count). The maximum absolute atomic E-state index is 12.0. The lowest BCUT2D eigenvalue weighted by atomic mass is 9.85. The molecule has 1 N–H and O–H groups in total. The van der Waals surface area contributed by atoms with Crippen LogP contribution in [0, 0.1) is 5.92 Å². The zero-order chi connectivity index (χ0) is 15.4. The third kappa shape index (κ3) is 5.33. The first-order valence-corrected chi connectivity index (χ1v) is 7.11. The summed E-state index contributed by atoms with van der Waals surface area (Å²) in [5, 5.41) is 10.5. The summed E-state index contributed by atoms with van der Waals surface area (Å²) in [6.07, 6.45) is 1.26. The van der Waals surface area contributed by atoms with E-state index in [9.17, 15) is 9.90 Å². The topological polar surface area (TPSA) is 46.5 Å². The first-order valence-electron chi connectivity index (χ1n) is 7.11. The van der Waals surface area contributed by atoms with Crippen molar-refractivity contribution in [2.75, 3.05) is 0 Å². The van der Waals surface area contributed by atoms with Crippen molar-refractivity contribution >= 4 is 5.97 Å². The zero-order valence-corrected chi connectivity index (χ0v) is 13.1. The summed E-state index contributed by atoms with van der Waals surface area (Å²) >= 11 is 0. The minimum atomic E-state index is -1.07. The quantitative estimate of drug-likeness (QED) is 0.840. The Morgan fingerprint density at radius 2 is 1.75 bits per heavy atom. The second kappa shape index (κ2) is 6.40. The van der Waals surface area contributed by atoms with Crippen LogP contribution in [0.15, 0.2) is 30.3 Å². The number of benzene rings is 1. The van der Waals surface area contributed by atoms with Gasteiger partial charge in [0.1, 0.15) is 5.60 Å². The van der Waals surface area contributed by atoms with Crippen molar-refractivity contribution in [1.82, 2.24) is 0 Å². The van der Waals surface area contributed by atoms with E-state index < -0.39 is 17.1 Å². The summed E-state index contributed by atoms with van der Waals surface area (Å²) in [6, 6.07) is 9.95. The SMILES string of the molecule is CC(C(=O)OC(C)(C)C)C(C)(O)CCc1ccccc1. The van der Waals surface area contributed by atoms with Crippen molar-refractivity contribution in [3.05, 3.63) is 35.9 Å². The van der Waals surface area contributed by atoms with Gasteiger partial charge < -0.3 is 9.84 Å². The first-order chi connectivity index (χ1) is 9.12. The van der Waals surface area contributed by atoms with E-state index in [0.29, 0.717) is 6.42 Å². The molecule has 0 aliphatic heterocycles. The number of hydrogen-bond acceptors (Lipinski definition) is 3. The molecule has 0 aliphatic carbocycles. The van der Waals surface area contributed by atoms with Crippen LogP contribution in [0.1, 0.15) is 46.6 Å². The molecule has 0 fully saturated rings. The van der Waals surface area contributed by atoms with E-state index in [-0.39, 0.29) is 5.97 Å². The van der Waals surface area contributed by atoms with Crippen molar-refractivity contribution in [3.63, 3.8) is 0 Å². The minimum absolute atomic E-state index is 0.351. The van der Waals surface area contributed by atoms with Gasteiger partial charge in [-0.3, -0.25) is 4.79 Å². The second-order valence-corrected chi connectivity index (χ2v) is 6.60. The highest BCUT2D eigenvalue weighted by molar-refractivity contribution is 5.73. The lowest BCUT2D eigenvalue weighted by molar-refractivity contribution is -0.168. The smallest absolute Gasteiger partial charge is 0.312 e. The first kappa shape index (κ1) is 16.7. The number of rotatable bonds is 5. The van der Waals surface area contributed by atoms with Crippen LogP contribution in [0.5, 0.6) is 0 Å². The van der Waals surface area contributed by atoms with Gasteiger partial charge in [-0.15, -0.1) is 0 Å². The summed E-state index contributed by atoms with van der Waals surface area (Å²) in [7, 11) is 0. The lowest BCUT2D eigenvalue weighted by Crippen LogP contribution is -2.41. The van der Waals surface area contributed by atoms with Crippen molar-refractivity contribution in [2.24, 2.45) is 5.92 Å². The molecular formula is C17H26O3. The van der Waals surface area contributed by atoms with E-state index in [2.05, 4.69) is 0 Å². The Morgan fingerprint density at radius 3 is 2.25 bits per heavy atom. The Hall–Kier alpha value is -1.35. The van der Waals surface area contributed by atoms with Crippen LogP contribution < -0.4 is 0 Å². The van der Waals surface area contributed by atoms with Crippen LogP contribution in [0.25, 0.3) is 0 Å². The molecule has 1 aromatic carbocycles. The average Bonchev–Trinajstić information content (AvgIpc) is 2.35. The van der Waals surface area contributed by atoms with Gasteiger partial charge in [0.05, 0.1) is 11.5 Å². The molecule has 0 aromatic heterocycles. The fourth-order valence-electron chi connectivity index (χ4n) is 1.90. The number of aliphatic hydroxyl groups is 1. The molecule has 20 heavy (non-hydrogen) atoms. The normalized spacial score (nSPS) is 16.3. The van der Waals surface area contributed by atoms with Gasteiger partial charge in [-0.05, 0) is 53.0 Å². The van der Waals surface area contributed by atoms with E-state index >= 15 is 0 Å². The van der Waals surface area contributed by atoms with E-state index in [1.165, 1.54) is 0 Å². The highest BCUT2D eigenvalue weighted by atomic mass is 16.6. The highest BCUT2D eigenvalue weighted by Crippen LogP contribution is 2.26. The molecule has 0 amide bonds. The van der Waals surface area contributed by atoms with Crippen LogP contribution in [0.2, 0.25) is 0 Å². The van der Waals surface area contributed by atoms with Gasteiger partial charge in [-0.2, -0.15) is 0 Å². The largest absolute Gasteiger partial charge is 0.460 e. The fraction of sp³-hybridized carbons (Fsp3) is 0.588. The molecule has 0 saturated heterocycles.